The third-order valence-corrected chi connectivity index (χ3v) is 5.08. The Morgan fingerprint density at radius 3 is 2.72 bits per heavy atom. The fourth-order valence-corrected chi connectivity index (χ4v) is 3.79. The summed E-state index contributed by atoms with van der Waals surface area (Å²) in [7, 11) is 0. The molecule has 0 spiro atoms. The van der Waals surface area contributed by atoms with Crippen molar-refractivity contribution in [3.8, 4) is 0 Å². The van der Waals surface area contributed by atoms with Crippen molar-refractivity contribution in [1.82, 2.24) is 14.9 Å². The van der Waals surface area contributed by atoms with Gasteiger partial charge in [-0.2, -0.15) is 0 Å². The number of nitrogens with zero attached hydrogens (tertiary/aromatic N) is 2. The lowest BCUT2D eigenvalue weighted by Gasteiger charge is -2.25. The van der Waals surface area contributed by atoms with Crippen molar-refractivity contribution in [2.45, 2.75) is 27.3 Å². The lowest BCUT2D eigenvalue weighted by atomic mass is 10.1. The summed E-state index contributed by atoms with van der Waals surface area (Å²) in [6.45, 7) is 9.12. The number of carbonyl (C=O) groups excluding carboxylic acids is 2. The number of hydrogen-bond donors (Lipinski definition) is 2. The number of aryl methyl sites for hydroxylation is 1. The van der Waals surface area contributed by atoms with Crippen molar-refractivity contribution in [3.63, 3.8) is 0 Å². The molecular weight excluding hydrogens is 340 g/mol. The number of ketones is 1. The van der Waals surface area contributed by atoms with Crippen molar-refractivity contribution in [3.05, 3.63) is 33.6 Å². The normalized spacial score (nSPS) is 15.3. The lowest BCUT2D eigenvalue weighted by Crippen LogP contribution is -2.35. The van der Waals surface area contributed by atoms with E-state index in [2.05, 4.69) is 20.2 Å². The smallest absolute Gasteiger partial charge is 0.274 e. The Balaban J connectivity index is 1.67. The number of amides is 1. The Kier molecular flexibility index (Phi) is 5.31. The van der Waals surface area contributed by atoms with Crippen LogP contribution in [-0.2, 0) is 11.3 Å². The number of carbonyl (C=O) groups is 2. The van der Waals surface area contributed by atoms with Gasteiger partial charge in [-0.25, -0.2) is 4.98 Å². The van der Waals surface area contributed by atoms with Gasteiger partial charge in [0, 0.05) is 36.3 Å². The molecule has 25 heavy (non-hydrogen) atoms. The number of thiazole rings is 1. The lowest BCUT2D eigenvalue weighted by molar-refractivity contribution is 0.0337. The number of aromatic nitrogens is 2. The Morgan fingerprint density at radius 1 is 1.36 bits per heavy atom. The monoisotopic (exact) mass is 362 g/mol. The van der Waals surface area contributed by atoms with Crippen LogP contribution in [0.1, 0.15) is 44.7 Å². The average Bonchev–Trinajstić information content (AvgIpc) is 3.12. The van der Waals surface area contributed by atoms with Gasteiger partial charge in [-0.15, -0.1) is 11.3 Å². The number of ether oxygens (including phenoxy) is 1. The molecule has 0 radical (unpaired) electrons. The quantitative estimate of drug-likeness (QED) is 0.798. The van der Waals surface area contributed by atoms with Gasteiger partial charge in [0.15, 0.2) is 10.9 Å². The predicted octanol–water partition coefficient (Wildman–Crippen LogP) is 2.38. The standard InChI is InChI=1S/C17H22N4O3S/c1-10-14(12(3)22)11(2)18-15(10)16(23)20-17-19-13(9-25-17)8-21-4-6-24-7-5-21/h9,18H,4-8H2,1-3H3,(H,19,20,23). The number of anilines is 1. The van der Waals surface area contributed by atoms with Gasteiger partial charge in [-0.1, -0.05) is 0 Å². The highest BCUT2D eigenvalue weighted by Crippen LogP contribution is 2.22. The molecule has 1 fully saturated rings. The molecule has 3 rings (SSSR count). The van der Waals surface area contributed by atoms with E-state index in [9.17, 15) is 9.59 Å². The summed E-state index contributed by atoms with van der Waals surface area (Å²) in [5, 5.41) is 5.34. The molecule has 2 N–H and O–H groups in total. The fraction of sp³-hybridized carbons (Fsp3) is 0.471. The second-order valence-corrected chi connectivity index (χ2v) is 7.03. The molecular formula is C17H22N4O3S. The van der Waals surface area contributed by atoms with Crippen LogP contribution in [0.15, 0.2) is 5.38 Å². The molecule has 0 unspecified atom stereocenters. The van der Waals surface area contributed by atoms with Gasteiger partial charge in [-0.3, -0.25) is 19.8 Å². The SMILES string of the molecule is CC(=O)c1c(C)[nH]c(C(=O)Nc2nc(CN3CCOCC3)cs2)c1C. The first-order chi connectivity index (χ1) is 12.0. The van der Waals surface area contributed by atoms with Crippen molar-refractivity contribution in [2.24, 2.45) is 0 Å². The van der Waals surface area contributed by atoms with Gasteiger partial charge >= 0.3 is 0 Å². The van der Waals surface area contributed by atoms with Crippen LogP contribution in [0.5, 0.6) is 0 Å². The maximum absolute atomic E-state index is 12.5. The van der Waals surface area contributed by atoms with Crippen LogP contribution in [0.2, 0.25) is 0 Å². The zero-order valence-corrected chi connectivity index (χ0v) is 15.5. The highest BCUT2D eigenvalue weighted by molar-refractivity contribution is 7.13. The van der Waals surface area contributed by atoms with Crippen LogP contribution < -0.4 is 5.32 Å². The molecule has 0 bridgehead atoms. The van der Waals surface area contributed by atoms with E-state index < -0.39 is 0 Å². The molecule has 134 valence electrons. The summed E-state index contributed by atoms with van der Waals surface area (Å²) in [6, 6.07) is 0. The molecule has 1 saturated heterocycles. The third-order valence-electron chi connectivity index (χ3n) is 4.28. The minimum Gasteiger partial charge on any atom is -0.379 e. The Labute approximate surface area is 150 Å². The van der Waals surface area contributed by atoms with Gasteiger partial charge < -0.3 is 9.72 Å². The van der Waals surface area contributed by atoms with E-state index in [1.54, 1.807) is 13.8 Å². The van der Waals surface area contributed by atoms with Gasteiger partial charge in [0.1, 0.15) is 5.69 Å². The minimum absolute atomic E-state index is 0.0488. The molecule has 8 heteroatoms. The molecule has 1 aliphatic heterocycles. The van der Waals surface area contributed by atoms with E-state index >= 15 is 0 Å². The first-order valence-corrected chi connectivity index (χ1v) is 9.09. The summed E-state index contributed by atoms with van der Waals surface area (Å²) >= 11 is 1.40. The summed E-state index contributed by atoms with van der Waals surface area (Å²) in [6.07, 6.45) is 0. The van der Waals surface area contributed by atoms with Gasteiger partial charge in [-0.05, 0) is 26.3 Å². The predicted molar refractivity (Wildman–Crippen MR) is 96.4 cm³/mol. The van der Waals surface area contributed by atoms with E-state index in [1.807, 2.05) is 5.38 Å². The van der Waals surface area contributed by atoms with E-state index in [-0.39, 0.29) is 11.7 Å². The van der Waals surface area contributed by atoms with Gasteiger partial charge in [0.2, 0.25) is 0 Å². The van der Waals surface area contributed by atoms with Gasteiger partial charge in [0.05, 0.1) is 18.9 Å². The largest absolute Gasteiger partial charge is 0.379 e. The molecule has 2 aromatic heterocycles. The van der Waals surface area contributed by atoms with Crippen LogP contribution in [0.25, 0.3) is 0 Å². The van der Waals surface area contributed by atoms with Crippen LogP contribution in [0.3, 0.4) is 0 Å². The van der Waals surface area contributed by atoms with Crippen molar-refractivity contribution in [1.29, 1.82) is 0 Å². The molecule has 0 saturated carbocycles. The van der Waals surface area contributed by atoms with Crippen molar-refractivity contribution < 1.29 is 14.3 Å². The van der Waals surface area contributed by atoms with E-state index in [1.165, 1.54) is 18.3 Å². The maximum Gasteiger partial charge on any atom is 0.274 e. The molecule has 0 aliphatic carbocycles. The topological polar surface area (TPSA) is 87.3 Å². The number of hydrogen-bond acceptors (Lipinski definition) is 6. The fourth-order valence-electron chi connectivity index (χ4n) is 3.09. The number of rotatable bonds is 5. The summed E-state index contributed by atoms with van der Waals surface area (Å²) in [5.74, 6) is -0.326. The third kappa shape index (κ3) is 3.97. The second kappa shape index (κ2) is 7.47. The van der Waals surface area contributed by atoms with Crippen LogP contribution in [-0.4, -0.2) is 52.9 Å². The van der Waals surface area contributed by atoms with Crippen LogP contribution in [0.4, 0.5) is 5.13 Å². The number of nitrogens with one attached hydrogen (secondary N) is 2. The first-order valence-electron chi connectivity index (χ1n) is 8.21. The number of aromatic amines is 1. The molecule has 3 heterocycles. The molecule has 1 aliphatic rings. The first kappa shape index (κ1) is 17.8. The zero-order valence-electron chi connectivity index (χ0n) is 14.6. The average molecular weight is 362 g/mol. The molecule has 1 amide bonds. The molecule has 0 aromatic carbocycles. The van der Waals surface area contributed by atoms with Crippen molar-refractivity contribution >= 4 is 28.2 Å². The van der Waals surface area contributed by atoms with E-state index in [0.717, 1.165) is 38.5 Å². The Bertz CT molecular complexity index is 790. The highest BCUT2D eigenvalue weighted by atomic mass is 32.1. The van der Waals surface area contributed by atoms with E-state index in [4.69, 9.17) is 4.74 Å². The number of morpholine rings is 1. The van der Waals surface area contributed by atoms with Crippen molar-refractivity contribution in [2.75, 3.05) is 31.6 Å². The van der Waals surface area contributed by atoms with Crippen LogP contribution >= 0.6 is 11.3 Å². The maximum atomic E-state index is 12.5. The highest BCUT2D eigenvalue weighted by Gasteiger charge is 2.21. The second-order valence-electron chi connectivity index (χ2n) is 6.17. The van der Waals surface area contributed by atoms with Gasteiger partial charge in [0.25, 0.3) is 5.91 Å². The number of Topliss-reactive ketones (excluding diaryl/α,β-unsaturated/α-hetero) is 1. The summed E-state index contributed by atoms with van der Waals surface area (Å²) in [4.78, 5) is 34.0. The molecule has 7 nitrogen and oxygen atoms in total. The molecule has 2 aromatic rings. The zero-order chi connectivity index (χ0) is 18.0. The van der Waals surface area contributed by atoms with E-state index in [0.29, 0.717) is 27.6 Å². The Morgan fingerprint density at radius 2 is 2.08 bits per heavy atom. The summed E-state index contributed by atoms with van der Waals surface area (Å²) < 4.78 is 5.34. The van der Waals surface area contributed by atoms with Crippen LogP contribution in [0, 0.1) is 13.8 Å². The molecule has 0 atom stereocenters. The summed E-state index contributed by atoms with van der Waals surface area (Å²) in [5.41, 5.74) is 3.31. The minimum atomic E-state index is -0.277. The number of H-pyrrole nitrogens is 1. The Hall–Kier alpha value is -2.03.